The number of carboxylic acid groups (broad SMARTS) is 1. The van der Waals surface area contributed by atoms with Crippen molar-refractivity contribution >= 4 is 17.7 Å². The summed E-state index contributed by atoms with van der Waals surface area (Å²) < 4.78 is 47.6. The van der Waals surface area contributed by atoms with Crippen LogP contribution < -0.4 is 20.5 Å². The number of methoxy groups -OCH3 is 2. The van der Waals surface area contributed by atoms with Gasteiger partial charge in [0.2, 0.25) is 5.91 Å². The quantitative estimate of drug-likeness (QED) is 0.401. The lowest BCUT2D eigenvalue weighted by Gasteiger charge is -2.22. The van der Waals surface area contributed by atoms with Crippen LogP contribution in [0.5, 0.6) is 11.5 Å². The molecule has 1 amide bonds. The number of nitrogens with one attached hydrogen (secondary N) is 1. The summed E-state index contributed by atoms with van der Waals surface area (Å²) in [5.41, 5.74) is 7.10. The number of nitrogens with two attached hydrogens (primary N) is 1. The Bertz CT molecular complexity index is 1090. The molecular formula is C25H29F3N2O7. The van der Waals surface area contributed by atoms with E-state index >= 15 is 0 Å². The molecule has 2 aromatic carbocycles. The minimum Gasteiger partial charge on any atom is -0.493 e. The first-order valence-electron chi connectivity index (χ1n) is 11.1. The number of benzene rings is 2. The van der Waals surface area contributed by atoms with Gasteiger partial charge in [-0.25, -0.2) is 4.79 Å². The average Bonchev–Trinajstić information content (AvgIpc) is 3.61. The highest BCUT2D eigenvalue weighted by Gasteiger charge is 2.50. The van der Waals surface area contributed by atoms with Gasteiger partial charge in [0, 0.05) is 0 Å². The number of halogens is 3. The van der Waals surface area contributed by atoms with E-state index in [1.807, 2.05) is 36.4 Å². The minimum absolute atomic E-state index is 0.141. The summed E-state index contributed by atoms with van der Waals surface area (Å²) in [7, 11) is 3.11. The van der Waals surface area contributed by atoms with Gasteiger partial charge in [0.25, 0.3) is 0 Å². The summed E-state index contributed by atoms with van der Waals surface area (Å²) in [5.74, 6) is -2.11. The van der Waals surface area contributed by atoms with Crippen LogP contribution in [-0.4, -0.2) is 67.5 Å². The SMILES string of the molecule is COc1ccc(C[C@H](N)C(=O)N[C@@H](Cc2ccccc2)C(=O)[C@]2(C)CO2)cc1OC.O=C(O)C(F)(F)F. The monoisotopic (exact) mass is 526 g/mol. The zero-order valence-electron chi connectivity index (χ0n) is 20.5. The van der Waals surface area contributed by atoms with Crippen LogP contribution in [0.1, 0.15) is 18.1 Å². The molecule has 0 saturated carbocycles. The number of carbonyl (C=O) groups is 3. The molecule has 1 saturated heterocycles. The van der Waals surface area contributed by atoms with Crippen molar-refractivity contribution in [1.82, 2.24) is 5.32 Å². The highest BCUT2D eigenvalue weighted by Crippen LogP contribution is 2.30. The number of Topliss-reactive ketones (excluding diaryl/α,β-unsaturated/α-hetero) is 1. The normalized spacial score (nSPS) is 17.9. The number of rotatable bonds is 10. The molecule has 0 bridgehead atoms. The number of epoxide rings is 1. The summed E-state index contributed by atoms with van der Waals surface area (Å²) in [6, 6.07) is 13.4. The lowest BCUT2D eigenvalue weighted by Crippen LogP contribution is -2.52. The predicted octanol–water partition coefficient (Wildman–Crippen LogP) is 2.29. The molecule has 3 atom stereocenters. The molecule has 9 nitrogen and oxygen atoms in total. The van der Waals surface area contributed by atoms with Crippen molar-refractivity contribution in [3.05, 3.63) is 59.7 Å². The second kappa shape index (κ2) is 12.5. The number of carbonyl (C=O) groups excluding carboxylic acids is 2. The van der Waals surface area contributed by atoms with Crippen LogP contribution in [0.25, 0.3) is 0 Å². The van der Waals surface area contributed by atoms with Gasteiger partial charge >= 0.3 is 12.1 Å². The van der Waals surface area contributed by atoms with E-state index in [-0.39, 0.29) is 11.7 Å². The highest BCUT2D eigenvalue weighted by atomic mass is 19.4. The fourth-order valence-electron chi connectivity index (χ4n) is 3.31. The number of ketones is 1. The summed E-state index contributed by atoms with van der Waals surface area (Å²) in [6.45, 7) is 2.10. The second-order valence-electron chi connectivity index (χ2n) is 8.44. The van der Waals surface area contributed by atoms with E-state index in [2.05, 4.69) is 5.32 Å². The number of hydrogen-bond acceptors (Lipinski definition) is 7. The Balaban J connectivity index is 0.000000604. The van der Waals surface area contributed by atoms with Crippen LogP contribution in [0.4, 0.5) is 13.2 Å². The van der Waals surface area contributed by atoms with Crippen LogP contribution in [0, 0.1) is 0 Å². The molecule has 12 heteroatoms. The van der Waals surface area contributed by atoms with Crippen molar-refractivity contribution in [3.63, 3.8) is 0 Å². The number of ether oxygens (including phenoxy) is 3. The van der Waals surface area contributed by atoms with E-state index in [1.165, 1.54) is 0 Å². The lowest BCUT2D eigenvalue weighted by atomic mass is 9.94. The molecule has 1 aliphatic rings. The van der Waals surface area contributed by atoms with Gasteiger partial charge in [-0.15, -0.1) is 0 Å². The van der Waals surface area contributed by atoms with Crippen molar-refractivity contribution in [2.24, 2.45) is 5.73 Å². The maximum Gasteiger partial charge on any atom is 0.490 e. The average molecular weight is 527 g/mol. The van der Waals surface area contributed by atoms with Crippen LogP contribution in [0.15, 0.2) is 48.5 Å². The molecule has 202 valence electrons. The van der Waals surface area contributed by atoms with E-state index < -0.39 is 29.8 Å². The van der Waals surface area contributed by atoms with E-state index in [1.54, 1.807) is 33.3 Å². The standard InChI is InChI=1S/C23H28N2O5.C2HF3O2/c1-23(14-30-23)21(26)18(12-15-7-5-4-6-8-15)25-22(27)17(24)11-16-9-10-19(28-2)20(13-16)29-3;3-2(4,5)1(6)7/h4-10,13,17-18H,11-12,14,24H2,1-3H3,(H,25,27);(H,6,7)/t17-,18-,23-;/m0./s1. The van der Waals surface area contributed by atoms with Crippen molar-refractivity contribution in [2.45, 2.75) is 43.6 Å². The minimum atomic E-state index is -5.08. The molecule has 1 fully saturated rings. The Morgan fingerprint density at radius 3 is 2.11 bits per heavy atom. The largest absolute Gasteiger partial charge is 0.493 e. The third-order valence-corrected chi connectivity index (χ3v) is 5.50. The molecule has 0 radical (unpaired) electrons. The van der Waals surface area contributed by atoms with E-state index in [4.69, 9.17) is 29.8 Å². The Morgan fingerprint density at radius 1 is 1.05 bits per heavy atom. The topological polar surface area (TPSA) is 140 Å². The lowest BCUT2D eigenvalue weighted by molar-refractivity contribution is -0.192. The third kappa shape index (κ3) is 8.76. The van der Waals surface area contributed by atoms with Crippen molar-refractivity contribution in [2.75, 3.05) is 20.8 Å². The zero-order chi connectivity index (χ0) is 27.8. The van der Waals surface area contributed by atoms with Gasteiger partial charge in [0.05, 0.1) is 32.9 Å². The molecule has 37 heavy (non-hydrogen) atoms. The molecular weight excluding hydrogens is 497 g/mol. The smallest absolute Gasteiger partial charge is 0.490 e. The number of aliphatic carboxylic acids is 1. The Labute approximate surface area is 211 Å². The number of alkyl halides is 3. The summed E-state index contributed by atoms with van der Waals surface area (Å²) in [5, 5.41) is 9.96. The number of carboxylic acids is 1. The first-order valence-corrected chi connectivity index (χ1v) is 11.1. The third-order valence-electron chi connectivity index (χ3n) is 5.50. The van der Waals surface area contributed by atoms with Gasteiger partial charge in [0.15, 0.2) is 17.3 Å². The molecule has 1 aliphatic heterocycles. The molecule has 2 aromatic rings. The summed E-state index contributed by atoms with van der Waals surface area (Å²) in [6.07, 6.45) is -4.40. The molecule has 4 N–H and O–H groups in total. The van der Waals surface area contributed by atoms with Crippen molar-refractivity contribution in [1.29, 1.82) is 0 Å². The Hall–Kier alpha value is -3.64. The fourth-order valence-corrected chi connectivity index (χ4v) is 3.31. The van der Waals surface area contributed by atoms with Crippen LogP contribution in [-0.2, 0) is 32.0 Å². The molecule has 1 heterocycles. The van der Waals surface area contributed by atoms with Gasteiger partial charge in [0.1, 0.15) is 5.60 Å². The van der Waals surface area contributed by atoms with E-state index in [9.17, 15) is 22.8 Å². The molecule has 0 spiro atoms. The fraction of sp³-hybridized carbons (Fsp3) is 0.400. The van der Waals surface area contributed by atoms with Gasteiger partial charge in [-0.05, 0) is 43.0 Å². The van der Waals surface area contributed by atoms with Crippen molar-refractivity contribution in [3.8, 4) is 11.5 Å². The first kappa shape index (κ1) is 29.6. The maximum absolute atomic E-state index is 12.9. The molecule has 0 unspecified atom stereocenters. The molecule has 3 rings (SSSR count). The predicted molar refractivity (Wildman–Crippen MR) is 126 cm³/mol. The van der Waals surface area contributed by atoms with Gasteiger partial charge in [-0.3, -0.25) is 9.59 Å². The van der Waals surface area contributed by atoms with Gasteiger partial charge < -0.3 is 30.4 Å². The van der Waals surface area contributed by atoms with Crippen molar-refractivity contribution < 1.29 is 46.9 Å². The van der Waals surface area contributed by atoms with Crippen LogP contribution in [0.2, 0.25) is 0 Å². The van der Waals surface area contributed by atoms with Crippen LogP contribution >= 0.6 is 0 Å². The molecule has 0 aromatic heterocycles. The van der Waals surface area contributed by atoms with Crippen LogP contribution in [0.3, 0.4) is 0 Å². The highest BCUT2D eigenvalue weighted by molar-refractivity contribution is 5.97. The maximum atomic E-state index is 12.9. The second-order valence-corrected chi connectivity index (χ2v) is 8.44. The van der Waals surface area contributed by atoms with E-state index in [0.29, 0.717) is 30.9 Å². The molecule has 0 aliphatic carbocycles. The number of hydrogen-bond donors (Lipinski definition) is 3. The zero-order valence-corrected chi connectivity index (χ0v) is 20.5. The summed E-state index contributed by atoms with van der Waals surface area (Å²) in [4.78, 5) is 34.6. The Kier molecular flexibility index (Phi) is 10.0. The van der Waals surface area contributed by atoms with Gasteiger partial charge in [-0.2, -0.15) is 13.2 Å². The Morgan fingerprint density at radius 2 is 1.62 bits per heavy atom. The van der Waals surface area contributed by atoms with Gasteiger partial charge in [-0.1, -0.05) is 36.4 Å². The van der Waals surface area contributed by atoms with E-state index in [0.717, 1.165) is 11.1 Å². The first-order chi connectivity index (χ1) is 17.3. The number of amides is 1. The summed E-state index contributed by atoms with van der Waals surface area (Å²) >= 11 is 0.